The Morgan fingerprint density at radius 2 is 1.59 bits per heavy atom. The summed E-state index contributed by atoms with van der Waals surface area (Å²) in [6, 6.07) is 17.0. The normalized spacial score (nSPS) is 19.3. The SMILES string of the molecule is CN(CN1C(=O)C(=O)N(Cc2ccccc2)C1=O)C1CCc2ccccc21. The van der Waals surface area contributed by atoms with Crippen LogP contribution in [0, 0.1) is 0 Å². The van der Waals surface area contributed by atoms with Crippen LogP contribution in [0.1, 0.15) is 29.2 Å². The third-order valence-electron chi connectivity index (χ3n) is 5.32. The van der Waals surface area contributed by atoms with E-state index >= 15 is 0 Å². The van der Waals surface area contributed by atoms with Crippen molar-refractivity contribution in [3.63, 3.8) is 0 Å². The highest BCUT2D eigenvalue weighted by atomic mass is 16.2. The average Bonchev–Trinajstić information content (AvgIpc) is 3.20. The Morgan fingerprint density at radius 1 is 0.926 bits per heavy atom. The summed E-state index contributed by atoms with van der Waals surface area (Å²) in [6.45, 7) is 0.213. The predicted octanol–water partition coefficient (Wildman–Crippen LogP) is 2.55. The Labute approximate surface area is 158 Å². The zero-order valence-corrected chi connectivity index (χ0v) is 15.2. The van der Waals surface area contributed by atoms with Gasteiger partial charge in [-0.25, -0.2) is 9.69 Å². The molecule has 0 radical (unpaired) electrons. The smallest absolute Gasteiger partial charge is 0.281 e. The molecule has 0 N–H and O–H groups in total. The summed E-state index contributed by atoms with van der Waals surface area (Å²) in [5.74, 6) is -1.52. The molecule has 1 atom stereocenters. The molecule has 138 valence electrons. The number of carbonyl (C=O) groups is 3. The zero-order chi connectivity index (χ0) is 19.0. The number of benzene rings is 2. The predicted molar refractivity (Wildman–Crippen MR) is 99.4 cm³/mol. The van der Waals surface area contributed by atoms with Gasteiger partial charge in [0.05, 0.1) is 13.2 Å². The van der Waals surface area contributed by atoms with E-state index in [1.54, 1.807) is 0 Å². The van der Waals surface area contributed by atoms with E-state index in [1.807, 2.05) is 54.4 Å². The van der Waals surface area contributed by atoms with Gasteiger partial charge in [0.15, 0.2) is 0 Å². The van der Waals surface area contributed by atoms with Gasteiger partial charge in [-0.2, -0.15) is 0 Å². The summed E-state index contributed by atoms with van der Waals surface area (Å²) in [5.41, 5.74) is 3.34. The molecule has 2 aliphatic rings. The van der Waals surface area contributed by atoms with Crippen molar-refractivity contribution < 1.29 is 14.4 Å². The molecule has 1 unspecified atom stereocenters. The summed E-state index contributed by atoms with van der Waals surface area (Å²) in [7, 11) is 1.89. The topological polar surface area (TPSA) is 60.9 Å². The Morgan fingerprint density at radius 3 is 2.37 bits per heavy atom. The fourth-order valence-electron chi connectivity index (χ4n) is 3.89. The first-order chi connectivity index (χ1) is 13.1. The first kappa shape index (κ1) is 17.4. The van der Waals surface area contributed by atoms with Gasteiger partial charge in [-0.05, 0) is 36.6 Å². The largest absolute Gasteiger partial charge is 0.335 e. The number of fused-ring (bicyclic) bond motifs is 1. The van der Waals surface area contributed by atoms with Crippen molar-refractivity contribution in [2.45, 2.75) is 25.4 Å². The molecule has 1 saturated heterocycles. The van der Waals surface area contributed by atoms with Crippen LogP contribution in [-0.4, -0.2) is 46.3 Å². The average molecular weight is 363 g/mol. The molecule has 1 heterocycles. The Hall–Kier alpha value is -2.99. The maximum atomic E-state index is 12.7. The molecule has 2 aromatic rings. The second kappa shape index (κ2) is 6.96. The first-order valence-corrected chi connectivity index (χ1v) is 9.05. The fraction of sp³-hybridized carbons (Fsp3) is 0.286. The Kier molecular flexibility index (Phi) is 4.49. The van der Waals surface area contributed by atoms with Crippen molar-refractivity contribution in [2.24, 2.45) is 0 Å². The quantitative estimate of drug-likeness (QED) is 0.605. The fourth-order valence-corrected chi connectivity index (χ4v) is 3.89. The summed E-state index contributed by atoms with van der Waals surface area (Å²) in [6.07, 6.45) is 1.92. The van der Waals surface area contributed by atoms with Gasteiger partial charge in [0.25, 0.3) is 0 Å². The molecule has 2 aromatic carbocycles. The molecule has 6 heteroatoms. The van der Waals surface area contributed by atoms with E-state index in [0.29, 0.717) is 0 Å². The summed E-state index contributed by atoms with van der Waals surface area (Å²) in [5, 5.41) is 0. The Bertz CT molecular complexity index is 897. The van der Waals surface area contributed by atoms with Gasteiger partial charge in [-0.3, -0.25) is 19.4 Å². The summed E-state index contributed by atoms with van der Waals surface area (Å²) >= 11 is 0. The van der Waals surface area contributed by atoms with Gasteiger partial charge in [-0.1, -0.05) is 54.6 Å². The van der Waals surface area contributed by atoms with Crippen LogP contribution in [0.3, 0.4) is 0 Å². The van der Waals surface area contributed by atoms with E-state index in [4.69, 9.17) is 0 Å². The minimum atomic E-state index is -0.760. The van der Waals surface area contributed by atoms with Crippen LogP contribution >= 0.6 is 0 Å². The maximum Gasteiger partial charge on any atom is 0.335 e. The molecule has 27 heavy (non-hydrogen) atoms. The first-order valence-electron chi connectivity index (χ1n) is 9.05. The lowest BCUT2D eigenvalue weighted by molar-refractivity contribution is -0.144. The number of amides is 4. The molecule has 4 amide bonds. The molecule has 0 spiro atoms. The van der Waals surface area contributed by atoms with Gasteiger partial charge in [0, 0.05) is 6.04 Å². The number of hydrogen-bond donors (Lipinski definition) is 0. The standard InChI is InChI=1S/C21H21N3O3/c1-22(18-12-11-16-9-5-6-10-17(16)18)14-24-20(26)19(25)23(21(24)27)13-15-7-3-2-4-8-15/h2-10,18H,11-14H2,1H3. The molecule has 1 aliphatic carbocycles. The lowest BCUT2D eigenvalue weighted by Crippen LogP contribution is -2.41. The molecular formula is C21H21N3O3. The number of rotatable bonds is 5. The van der Waals surface area contributed by atoms with Crippen molar-refractivity contribution >= 4 is 17.8 Å². The number of aryl methyl sites for hydroxylation is 1. The minimum absolute atomic E-state index is 0.105. The second-order valence-corrected chi connectivity index (χ2v) is 7.04. The third-order valence-corrected chi connectivity index (χ3v) is 5.32. The van der Waals surface area contributed by atoms with Crippen molar-refractivity contribution in [2.75, 3.05) is 13.7 Å². The van der Waals surface area contributed by atoms with Crippen molar-refractivity contribution in [1.82, 2.24) is 14.7 Å². The van der Waals surface area contributed by atoms with Crippen molar-refractivity contribution in [3.8, 4) is 0 Å². The number of hydrogen-bond acceptors (Lipinski definition) is 4. The van der Waals surface area contributed by atoms with Crippen LogP contribution in [-0.2, 0) is 22.6 Å². The molecule has 0 aromatic heterocycles. The molecule has 1 aliphatic heterocycles. The van der Waals surface area contributed by atoms with Gasteiger partial charge < -0.3 is 0 Å². The minimum Gasteiger partial charge on any atom is -0.281 e. The highest BCUT2D eigenvalue weighted by Gasteiger charge is 2.45. The lowest BCUT2D eigenvalue weighted by Gasteiger charge is -2.28. The van der Waals surface area contributed by atoms with Crippen LogP contribution in [0.15, 0.2) is 54.6 Å². The van der Waals surface area contributed by atoms with Crippen molar-refractivity contribution in [1.29, 1.82) is 0 Å². The van der Waals surface area contributed by atoms with E-state index in [2.05, 4.69) is 12.1 Å². The van der Waals surface area contributed by atoms with Gasteiger partial charge >= 0.3 is 17.8 Å². The van der Waals surface area contributed by atoms with Crippen LogP contribution in [0.5, 0.6) is 0 Å². The number of imide groups is 2. The van der Waals surface area contributed by atoms with Crippen molar-refractivity contribution in [3.05, 3.63) is 71.3 Å². The molecule has 0 saturated carbocycles. The van der Waals surface area contributed by atoms with Gasteiger partial charge in [0.2, 0.25) is 0 Å². The van der Waals surface area contributed by atoms with Crippen LogP contribution < -0.4 is 0 Å². The molecule has 4 rings (SSSR count). The number of nitrogens with zero attached hydrogens (tertiary/aromatic N) is 3. The molecule has 0 bridgehead atoms. The number of carbonyl (C=O) groups excluding carboxylic acids is 3. The lowest BCUT2D eigenvalue weighted by atomic mass is 10.1. The maximum absolute atomic E-state index is 12.7. The van der Waals surface area contributed by atoms with E-state index in [9.17, 15) is 14.4 Å². The van der Waals surface area contributed by atoms with E-state index in [1.165, 1.54) is 11.1 Å². The van der Waals surface area contributed by atoms with Crippen LogP contribution in [0.2, 0.25) is 0 Å². The highest BCUT2D eigenvalue weighted by Crippen LogP contribution is 2.35. The molecule has 1 fully saturated rings. The van der Waals surface area contributed by atoms with E-state index in [-0.39, 0.29) is 19.3 Å². The summed E-state index contributed by atoms with van der Waals surface area (Å²) in [4.78, 5) is 41.5. The second-order valence-electron chi connectivity index (χ2n) is 7.04. The van der Waals surface area contributed by atoms with E-state index < -0.39 is 17.8 Å². The van der Waals surface area contributed by atoms with E-state index in [0.717, 1.165) is 28.2 Å². The summed E-state index contributed by atoms with van der Waals surface area (Å²) < 4.78 is 0. The van der Waals surface area contributed by atoms with Crippen LogP contribution in [0.4, 0.5) is 4.79 Å². The Balaban J connectivity index is 1.48. The monoisotopic (exact) mass is 363 g/mol. The molecular weight excluding hydrogens is 342 g/mol. The zero-order valence-electron chi connectivity index (χ0n) is 15.2. The number of urea groups is 1. The highest BCUT2D eigenvalue weighted by molar-refractivity contribution is 6.44. The molecule has 6 nitrogen and oxygen atoms in total. The van der Waals surface area contributed by atoms with Crippen LogP contribution in [0.25, 0.3) is 0 Å². The third kappa shape index (κ3) is 3.13. The van der Waals surface area contributed by atoms with Gasteiger partial charge in [0.1, 0.15) is 0 Å². The van der Waals surface area contributed by atoms with Gasteiger partial charge in [-0.15, -0.1) is 0 Å².